The second-order valence-corrected chi connectivity index (χ2v) is 7.27. The first-order valence-electron chi connectivity index (χ1n) is 9.88. The Morgan fingerprint density at radius 2 is 1.75 bits per heavy atom. The summed E-state index contributed by atoms with van der Waals surface area (Å²) in [5.74, 6) is -0.639. The van der Waals surface area contributed by atoms with Gasteiger partial charge < -0.3 is 20.1 Å². The van der Waals surface area contributed by atoms with Crippen LogP contribution in [0, 0.1) is 11.3 Å². The molecule has 0 radical (unpaired) electrons. The average Bonchev–Trinajstić information content (AvgIpc) is 2.73. The Kier molecular flexibility index (Phi) is 7.84. The van der Waals surface area contributed by atoms with E-state index in [0.29, 0.717) is 44.5 Å². The monoisotopic (exact) mass is 390 g/mol. The Morgan fingerprint density at radius 3 is 2.29 bits per heavy atom. The van der Waals surface area contributed by atoms with E-state index in [1.54, 1.807) is 17.0 Å². The van der Waals surface area contributed by atoms with Gasteiger partial charge >= 0.3 is 5.97 Å². The van der Waals surface area contributed by atoms with Gasteiger partial charge in [-0.2, -0.15) is 0 Å². The van der Waals surface area contributed by atoms with Crippen LogP contribution in [0.1, 0.15) is 39.5 Å². The number of amides is 2. The molecule has 2 N–H and O–H groups in total. The first-order valence-corrected chi connectivity index (χ1v) is 9.88. The molecule has 1 aromatic rings. The fourth-order valence-electron chi connectivity index (χ4n) is 3.42. The lowest BCUT2D eigenvalue weighted by atomic mass is 9.82. The normalized spacial score (nSPS) is 15.1. The van der Waals surface area contributed by atoms with Crippen LogP contribution in [0.3, 0.4) is 0 Å². The molecule has 1 aliphatic rings. The lowest BCUT2D eigenvalue weighted by molar-refractivity contribution is -0.149. The number of carbonyl (C=O) groups excluding carboxylic acids is 2. The second kappa shape index (κ2) is 10.1. The molecule has 1 aliphatic heterocycles. The van der Waals surface area contributed by atoms with E-state index < -0.39 is 11.4 Å². The molecule has 0 atom stereocenters. The highest BCUT2D eigenvalue weighted by Gasteiger charge is 2.36. The number of ether oxygens (including phenoxy) is 1. The molecule has 0 saturated carbocycles. The van der Waals surface area contributed by atoms with Crippen molar-refractivity contribution in [3.8, 4) is 5.75 Å². The minimum Gasteiger partial charge on any atom is -0.484 e. The van der Waals surface area contributed by atoms with Gasteiger partial charge in [0.15, 0.2) is 6.61 Å². The van der Waals surface area contributed by atoms with Crippen molar-refractivity contribution in [3.63, 3.8) is 0 Å². The molecule has 1 saturated heterocycles. The van der Waals surface area contributed by atoms with E-state index in [-0.39, 0.29) is 30.9 Å². The van der Waals surface area contributed by atoms with Crippen molar-refractivity contribution in [2.75, 3.05) is 26.2 Å². The number of hydrogen-bond donors (Lipinski definition) is 2. The summed E-state index contributed by atoms with van der Waals surface area (Å²) in [6.07, 6.45) is 2.07. The van der Waals surface area contributed by atoms with Gasteiger partial charge in [-0.25, -0.2) is 0 Å². The summed E-state index contributed by atoms with van der Waals surface area (Å²) < 4.78 is 5.49. The fourth-order valence-corrected chi connectivity index (χ4v) is 3.42. The number of likely N-dealkylation sites (tertiary alicyclic amines) is 1. The molecule has 0 unspecified atom stereocenters. The Balaban J connectivity index is 1.77. The number of benzene rings is 1. The van der Waals surface area contributed by atoms with Gasteiger partial charge in [0.25, 0.3) is 5.91 Å². The van der Waals surface area contributed by atoms with Crippen LogP contribution in [0.25, 0.3) is 0 Å². The number of hydrogen-bond acceptors (Lipinski definition) is 4. The number of carboxylic acids is 1. The molecule has 2 amide bonds. The van der Waals surface area contributed by atoms with Crippen LogP contribution < -0.4 is 10.1 Å². The molecular weight excluding hydrogens is 360 g/mol. The van der Waals surface area contributed by atoms with Gasteiger partial charge in [-0.1, -0.05) is 32.0 Å². The number of nitrogens with one attached hydrogen (secondary N) is 1. The lowest BCUT2D eigenvalue weighted by Crippen LogP contribution is -2.47. The number of rotatable bonds is 9. The summed E-state index contributed by atoms with van der Waals surface area (Å²) in [7, 11) is 0. The van der Waals surface area contributed by atoms with E-state index in [1.165, 1.54) is 0 Å². The van der Waals surface area contributed by atoms with Crippen molar-refractivity contribution >= 4 is 17.8 Å². The zero-order valence-corrected chi connectivity index (χ0v) is 16.6. The minimum absolute atomic E-state index is 0.0188. The van der Waals surface area contributed by atoms with Gasteiger partial charge in [-0.15, -0.1) is 0 Å². The predicted molar refractivity (Wildman–Crippen MR) is 105 cm³/mol. The maximum atomic E-state index is 12.5. The Bertz CT molecular complexity index is 665. The SMILES string of the molecule is CCC(CC)(CNC(=O)C1CCN(C(=O)COc2ccccc2)CC1)C(=O)O. The van der Waals surface area contributed by atoms with E-state index in [9.17, 15) is 19.5 Å². The highest BCUT2D eigenvalue weighted by molar-refractivity contribution is 5.82. The summed E-state index contributed by atoms with van der Waals surface area (Å²) >= 11 is 0. The molecule has 0 spiro atoms. The maximum Gasteiger partial charge on any atom is 0.311 e. The third-order valence-corrected chi connectivity index (χ3v) is 5.73. The molecule has 1 fully saturated rings. The summed E-state index contributed by atoms with van der Waals surface area (Å²) in [5.41, 5.74) is -0.916. The van der Waals surface area contributed by atoms with Crippen LogP contribution in [0.5, 0.6) is 5.75 Å². The van der Waals surface area contributed by atoms with Crippen molar-refractivity contribution < 1.29 is 24.2 Å². The first-order chi connectivity index (χ1) is 13.4. The summed E-state index contributed by atoms with van der Waals surface area (Å²) in [5, 5.41) is 12.3. The van der Waals surface area contributed by atoms with E-state index in [0.717, 1.165) is 0 Å². The third kappa shape index (κ3) is 5.47. The van der Waals surface area contributed by atoms with E-state index in [2.05, 4.69) is 5.32 Å². The van der Waals surface area contributed by atoms with E-state index >= 15 is 0 Å². The molecule has 2 rings (SSSR count). The van der Waals surface area contributed by atoms with Crippen LogP contribution in [0.4, 0.5) is 0 Å². The molecule has 1 heterocycles. The maximum absolute atomic E-state index is 12.5. The molecule has 7 heteroatoms. The second-order valence-electron chi connectivity index (χ2n) is 7.27. The number of nitrogens with zero attached hydrogens (tertiary/aromatic N) is 1. The largest absolute Gasteiger partial charge is 0.484 e. The Morgan fingerprint density at radius 1 is 1.14 bits per heavy atom. The van der Waals surface area contributed by atoms with Gasteiger partial charge in [0.05, 0.1) is 5.41 Å². The van der Waals surface area contributed by atoms with Crippen LogP contribution in [0.2, 0.25) is 0 Å². The summed E-state index contributed by atoms with van der Waals surface area (Å²) in [4.78, 5) is 38.0. The van der Waals surface area contributed by atoms with Crippen LogP contribution in [0.15, 0.2) is 30.3 Å². The van der Waals surface area contributed by atoms with E-state index in [1.807, 2.05) is 32.0 Å². The van der Waals surface area contributed by atoms with Crippen LogP contribution >= 0.6 is 0 Å². The highest BCUT2D eigenvalue weighted by atomic mass is 16.5. The van der Waals surface area contributed by atoms with Gasteiger partial charge in [0, 0.05) is 25.6 Å². The Labute approximate surface area is 166 Å². The number of carbonyl (C=O) groups is 3. The molecule has 0 bridgehead atoms. The number of carboxylic acid groups (broad SMARTS) is 1. The van der Waals surface area contributed by atoms with Crippen molar-refractivity contribution in [1.82, 2.24) is 10.2 Å². The third-order valence-electron chi connectivity index (χ3n) is 5.73. The summed E-state index contributed by atoms with van der Waals surface area (Å²) in [6, 6.07) is 9.17. The van der Waals surface area contributed by atoms with Gasteiger partial charge in [0.1, 0.15) is 5.75 Å². The topological polar surface area (TPSA) is 95.9 Å². The zero-order chi connectivity index (χ0) is 20.6. The van der Waals surface area contributed by atoms with Crippen LogP contribution in [-0.2, 0) is 14.4 Å². The predicted octanol–water partition coefficient (Wildman–Crippen LogP) is 2.31. The van der Waals surface area contributed by atoms with Gasteiger partial charge in [-0.3, -0.25) is 14.4 Å². The highest BCUT2D eigenvalue weighted by Crippen LogP contribution is 2.26. The Hall–Kier alpha value is -2.57. The number of para-hydroxylation sites is 1. The fraction of sp³-hybridized carbons (Fsp3) is 0.571. The molecular formula is C21H30N2O5. The van der Waals surface area contributed by atoms with Crippen molar-refractivity contribution in [3.05, 3.63) is 30.3 Å². The smallest absolute Gasteiger partial charge is 0.311 e. The molecule has 1 aromatic carbocycles. The number of aliphatic carboxylic acids is 1. The first kappa shape index (κ1) is 21.7. The van der Waals surface area contributed by atoms with Gasteiger partial charge in [-0.05, 0) is 37.8 Å². The lowest BCUT2D eigenvalue weighted by Gasteiger charge is -2.32. The molecule has 0 aromatic heterocycles. The molecule has 154 valence electrons. The van der Waals surface area contributed by atoms with Crippen molar-refractivity contribution in [1.29, 1.82) is 0 Å². The van der Waals surface area contributed by atoms with Crippen molar-refractivity contribution in [2.45, 2.75) is 39.5 Å². The van der Waals surface area contributed by atoms with E-state index in [4.69, 9.17) is 4.74 Å². The quantitative estimate of drug-likeness (QED) is 0.675. The minimum atomic E-state index is -0.916. The number of piperidine rings is 1. The zero-order valence-electron chi connectivity index (χ0n) is 16.6. The molecule has 28 heavy (non-hydrogen) atoms. The van der Waals surface area contributed by atoms with Crippen LogP contribution in [-0.4, -0.2) is 54.0 Å². The molecule has 0 aliphatic carbocycles. The standard InChI is InChI=1S/C21H30N2O5/c1-3-21(4-2,20(26)27)15-22-19(25)16-10-12-23(13-11-16)18(24)14-28-17-8-6-5-7-9-17/h5-9,16H,3-4,10-15H2,1-2H3,(H,22,25)(H,26,27). The average molecular weight is 390 g/mol. The summed E-state index contributed by atoms with van der Waals surface area (Å²) in [6.45, 7) is 4.77. The molecule has 7 nitrogen and oxygen atoms in total. The van der Waals surface area contributed by atoms with Gasteiger partial charge in [0.2, 0.25) is 5.91 Å². The van der Waals surface area contributed by atoms with Crippen molar-refractivity contribution in [2.24, 2.45) is 11.3 Å².